The van der Waals surface area contributed by atoms with E-state index in [2.05, 4.69) is 10.6 Å². The third kappa shape index (κ3) is 6.91. The molecule has 0 bridgehead atoms. The number of nitrogens with one attached hydrogen (secondary N) is 2. The molecular formula is C27H28N2O6. The van der Waals surface area contributed by atoms with Crippen molar-refractivity contribution in [2.75, 3.05) is 14.2 Å². The monoisotopic (exact) mass is 476 g/mol. The van der Waals surface area contributed by atoms with Gasteiger partial charge in [-0.1, -0.05) is 60.7 Å². The molecule has 3 atom stereocenters. The molecule has 0 radical (unpaired) electrons. The van der Waals surface area contributed by atoms with Crippen molar-refractivity contribution in [2.45, 2.75) is 24.6 Å². The highest BCUT2D eigenvalue weighted by Crippen LogP contribution is 2.19. The molecule has 0 unspecified atom stereocenters. The van der Waals surface area contributed by atoms with Crippen LogP contribution in [0.25, 0.3) is 0 Å². The lowest BCUT2D eigenvalue weighted by molar-refractivity contribution is -0.146. The van der Waals surface area contributed by atoms with Crippen molar-refractivity contribution >= 4 is 17.8 Å². The van der Waals surface area contributed by atoms with Crippen molar-refractivity contribution in [1.29, 1.82) is 0 Å². The van der Waals surface area contributed by atoms with Gasteiger partial charge in [-0.2, -0.15) is 0 Å². The maximum absolute atomic E-state index is 13.1. The molecule has 3 N–H and O–H groups in total. The van der Waals surface area contributed by atoms with Crippen LogP contribution in [0.2, 0.25) is 0 Å². The summed E-state index contributed by atoms with van der Waals surface area (Å²) in [5.74, 6) is -1.35. The Kier molecular flexibility index (Phi) is 8.97. The Balaban J connectivity index is 1.80. The molecule has 3 aromatic carbocycles. The number of methoxy groups -OCH3 is 2. The molecule has 3 aromatic rings. The van der Waals surface area contributed by atoms with Crippen LogP contribution in [-0.2, 0) is 20.7 Å². The van der Waals surface area contributed by atoms with Gasteiger partial charge in [0.15, 0.2) is 6.10 Å². The van der Waals surface area contributed by atoms with Crippen LogP contribution in [0.4, 0.5) is 0 Å². The molecule has 8 nitrogen and oxygen atoms in total. The minimum absolute atomic E-state index is 0.120. The second-order valence-corrected chi connectivity index (χ2v) is 7.81. The van der Waals surface area contributed by atoms with Crippen molar-refractivity contribution in [3.8, 4) is 5.75 Å². The molecule has 0 spiro atoms. The van der Waals surface area contributed by atoms with E-state index >= 15 is 0 Å². The molecule has 0 aromatic heterocycles. The zero-order chi connectivity index (χ0) is 25.2. The Morgan fingerprint density at radius 1 is 0.857 bits per heavy atom. The van der Waals surface area contributed by atoms with Gasteiger partial charge in [0.2, 0.25) is 0 Å². The fourth-order valence-corrected chi connectivity index (χ4v) is 3.60. The maximum Gasteiger partial charge on any atom is 0.328 e. The van der Waals surface area contributed by atoms with Crippen molar-refractivity contribution in [3.63, 3.8) is 0 Å². The second-order valence-electron chi connectivity index (χ2n) is 7.81. The highest BCUT2D eigenvalue weighted by molar-refractivity contribution is 5.95. The number of carbonyl (C=O) groups excluding carboxylic acids is 3. The van der Waals surface area contributed by atoms with Gasteiger partial charge < -0.3 is 25.2 Å². The molecule has 0 fully saturated rings. The van der Waals surface area contributed by atoms with E-state index in [-0.39, 0.29) is 6.42 Å². The minimum atomic E-state index is -1.68. The van der Waals surface area contributed by atoms with Gasteiger partial charge >= 0.3 is 5.97 Å². The van der Waals surface area contributed by atoms with E-state index in [1.54, 1.807) is 84.9 Å². The minimum Gasteiger partial charge on any atom is -0.497 e. The van der Waals surface area contributed by atoms with Crippen molar-refractivity contribution in [3.05, 3.63) is 102 Å². The van der Waals surface area contributed by atoms with Crippen molar-refractivity contribution < 1.29 is 29.0 Å². The zero-order valence-corrected chi connectivity index (χ0v) is 19.5. The van der Waals surface area contributed by atoms with Gasteiger partial charge in [0, 0.05) is 12.0 Å². The lowest BCUT2D eigenvalue weighted by atomic mass is 9.99. The van der Waals surface area contributed by atoms with E-state index in [1.807, 2.05) is 0 Å². The Bertz CT molecular complexity index is 1140. The van der Waals surface area contributed by atoms with Crippen LogP contribution in [0.1, 0.15) is 27.5 Å². The first-order valence-corrected chi connectivity index (χ1v) is 11.0. The summed E-state index contributed by atoms with van der Waals surface area (Å²) in [6.07, 6.45) is -1.56. The summed E-state index contributed by atoms with van der Waals surface area (Å²) >= 11 is 0. The van der Waals surface area contributed by atoms with Crippen LogP contribution in [-0.4, -0.2) is 49.3 Å². The van der Waals surface area contributed by atoms with Crippen LogP contribution < -0.4 is 15.4 Å². The highest BCUT2D eigenvalue weighted by Gasteiger charge is 2.32. The Morgan fingerprint density at radius 2 is 1.51 bits per heavy atom. The number of benzene rings is 3. The third-order valence-electron chi connectivity index (χ3n) is 5.44. The highest BCUT2D eigenvalue weighted by atomic mass is 16.5. The first kappa shape index (κ1) is 25.5. The summed E-state index contributed by atoms with van der Waals surface area (Å²) in [6.45, 7) is 0. The summed E-state index contributed by atoms with van der Waals surface area (Å²) in [5, 5.41) is 16.3. The number of ether oxygens (including phenoxy) is 2. The van der Waals surface area contributed by atoms with Crippen molar-refractivity contribution in [2.24, 2.45) is 0 Å². The van der Waals surface area contributed by atoms with Gasteiger partial charge in [0.05, 0.1) is 20.3 Å². The quantitative estimate of drug-likeness (QED) is 0.387. The summed E-state index contributed by atoms with van der Waals surface area (Å²) in [6, 6.07) is 22.1. The third-order valence-corrected chi connectivity index (χ3v) is 5.44. The number of carbonyl (C=O) groups is 3. The first-order chi connectivity index (χ1) is 16.9. The summed E-state index contributed by atoms with van der Waals surface area (Å²) in [7, 11) is 2.75. The normalized spacial score (nSPS) is 13.1. The van der Waals surface area contributed by atoms with Crippen LogP contribution in [0.5, 0.6) is 5.75 Å². The lowest BCUT2D eigenvalue weighted by Crippen LogP contribution is -2.51. The Labute approximate surface area is 203 Å². The molecule has 0 aliphatic rings. The van der Waals surface area contributed by atoms with Crippen LogP contribution in [0.3, 0.4) is 0 Å². The standard InChI is InChI=1S/C27H28N2O6/c1-34-21-15-9-10-18(16-21)17-22(27(33)35-2)28-26(32)24(30)23(19-11-5-3-6-12-19)29-25(31)20-13-7-4-8-14-20/h3-16,22-24,30H,17H2,1-2H3,(H,28,32)(H,29,31)/t22-,23-,24+/m0/s1. The topological polar surface area (TPSA) is 114 Å². The van der Waals surface area contributed by atoms with E-state index < -0.39 is 36.0 Å². The van der Waals surface area contributed by atoms with E-state index in [9.17, 15) is 19.5 Å². The first-order valence-electron chi connectivity index (χ1n) is 11.0. The molecule has 0 aliphatic heterocycles. The number of aliphatic hydroxyl groups excluding tert-OH is 1. The van der Waals surface area contributed by atoms with Crippen molar-refractivity contribution in [1.82, 2.24) is 10.6 Å². The number of hydrogen-bond donors (Lipinski definition) is 3. The van der Waals surface area contributed by atoms with E-state index in [0.717, 1.165) is 5.56 Å². The van der Waals surface area contributed by atoms with E-state index in [1.165, 1.54) is 14.2 Å². The predicted molar refractivity (Wildman–Crippen MR) is 130 cm³/mol. The molecule has 2 amide bonds. The summed E-state index contributed by atoms with van der Waals surface area (Å²) in [5.41, 5.74) is 1.64. The summed E-state index contributed by atoms with van der Waals surface area (Å²) < 4.78 is 10.1. The van der Waals surface area contributed by atoms with Crippen LogP contribution in [0.15, 0.2) is 84.9 Å². The van der Waals surface area contributed by atoms with Gasteiger partial charge in [0.1, 0.15) is 11.8 Å². The van der Waals surface area contributed by atoms with Crippen LogP contribution >= 0.6 is 0 Å². The largest absolute Gasteiger partial charge is 0.497 e. The molecule has 0 saturated carbocycles. The predicted octanol–water partition coefficient (Wildman–Crippen LogP) is 2.43. The summed E-state index contributed by atoms with van der Waals surface area (Å²) in [4.78, 5) is 38.3. The molecule has 0 saturated heterocycles. The number of amides is 2. The SMILES string of the molecule is COC(=O)[C@H](Cc1cccc(OC)c1)NC(=O)[C@H](O)[C@@H](NC(=O)c1ccccc1)c1ccccc1. The molecule has 3 rings (SSSR count). The lowest BCUT2D eigenvalue weighted by Gasteiger charge is -2.26. The van der Waals surface area contributed by atoms with E-state index in [4.69, 9.17) is 9.47 Å². The molecule has 182 valence electrons. The fourth-order valence-electron chi connectivity index (χ4n) is 3.60. The Hall–Kier alpha value is -4.17. The maximum atomic E-state index is 13.1. The number of rotatable bonds is 10. The fraction of sp³-hybridized carbons (Fsp3) is 0.222. The van der Waals surface area contributed by atoms with E-state index in [0.29, 0.717) is 16.9 Å². The molecule has 8 heteroatoms. The molecule has 0 heterocycles. The molecule has 0 aliphatic carbocycles. The van der Waals surface area contributed by atoms with Gasteiger partial charge in [-0.25, -0.2) is 4.79 Å². The van der Waals surface area contributed by atoms with Gasteiger partial charge in [-0.3, -0.25) is 9.59 Å². The van der Waals surface area contributed by atoms with Crippen LogP contribution in [0, 0.1) is 0 Å². The molecule has 35 heavy (non-hydrogen) atoms. The van der Waals surface area contributed by atoms with Gasteiger partial charge in [-0.05, 0) is 35.4 Å². The van der Waals surface area contributed by atoms with Gasteiger partial charge in [-0.15, -0.1) is 0 Å². The average Bonchev–Trinajstić information content (AvgIpc) is 2.91. The smallest absolute Gasteiger partial charge is 0.328 e. The Morgan fingerprint density at radius 3 is 2.14 bits per heavy atom. The second kappa shape index (κ2) is 12.3. The number of hydrogen-bond acceptors (Lipinski definition) is 6. The van der Waals surface area contributed by atoms with Gasteiger partial charge in [0.25, 0.3) is 11.8 Å². The zero-order valence-electron chi connectivity index (χ0n) is 19.5. The number of aliphatic hydroxyl groups is 1. The average molecular weight is 477 g/mol. The molecular weight excluding hydrogens is 448 g/mol. The number of esters is 1.